The van der Waals surface area contributed by atoms with Crippen molar-refractivity contribution < 1.29 is 27.0 Å². The lowest BCUT2D eigenvalue weighted by atomic mass is 10.3. The van der Waals surface area contributed by atoms with Crippen molar-refractivity contribution in [3.63, 3.8) is 0 Å². The predicted octanol–water partition coefficient (Wildman–Crippen LogP) is -1.26. The summed E-state index contributed by atoms with van der Waals surface area (Å²) in [6, 6.07) is 0. The number of hydrogen-bond donors (Lipinski definition) is 2. The Kier molecular flexibility index (Phi) is 8.33. The molecule has 0 fully saturated rings. The van der Waals surface area contributed by atoms with E-state index in [0.717, 1.165) is 7.11 Å². The first-order valence-electron chi connectivity index (χ1n) is 4.68. The van der Waals surface area contributed by atoms with Gasteiger partial charge in [0, 0.05) is 0 Å². The largest absolute Gasteiger partial charge is 0.386 e. The minimum absolute atomic E-state index is 0. The van der Waals surface area contributed by atoms with Crippen LogP contribution in [0, 0.1) is 0 Å². The van der Waals surface area contributed by atoms with Gasteiger partial charge < -0.3 is 14.9 Å². The lowest BCUT2D eigenvalue weighted by Crippen LogP contribution is -2.51. The number of carbonyl (C=O) groups is 1. The van der Waals surface area contributed by atoms with E-state index in [-0.39, 0.29) is 18.5 Å². The number of carbonyl (C=O) groups excluding carboxylic acids is 1. The zero-order valence-electron chi connectivity index (χ0n) is 9.71. The molecule has 0 aromatic rings. The minimum atomic E-state index is -3.66. The van der Waals surface area contributed by atoms with Gasteiger partial charge >= 0.3 is 0 Å². The standard InChI is InChI=1S/C8H18N2O5S.CH4/c1-10(2,6-9-7-11)4-8(12)5-16(13,14)15-3;/h7-8,12H,4-6H2,1-3H3;1H4/p+1. The molecule has 0 spiro atoms. The van der Waals surface area contributed by atoms with Crippen LogP contribution in [-0.4, -0.2) is 70.7 Å². The Balaban J connectivity index is 0. The first kappa shape index (κ1) is 18.7. The van der Waals surface area contributed by atoms with Gasteiger partial charge in [-0.2, -0.15) is 8.42 Å². The number of aliphatic hydroxyl groups is 1. The molecule has 8 heteroatoms. The summed E-state index contributed by atoms with van der Waals surface area (Å²) in [6.45, 7) is 0.511. The summed E-state index contributed by atoms with van der Waals surface area (Å²) in [4.78, 5) is 10.1. The molecule has 0 aliphatic carbocycles. The molecule has 1 atom stereocenters. The van der Waals surface area contributed by atoms with Crippen LogP contribution in [0.5, 0.6) is 0 Å². The molecule has 0 aromatic heterocycles. The Morgan fingerprint density at radius 2 is 2.00 bits per heavy atom. The highest BCUT2D eigenvalue weighted by Gasteiger charge is 2.24. The number of likely N-dealkylation sites (N-methyl/N-ethyl adjacent to an activating group) is 1. The summed E-state index contributed by atoms with van der Waals surface area (Å²) >= 11 is 0. The molecule has 2 N–H and O–H groups in total. The fraction of sp³-hybridized carbons (Fsp3) is 0.889. The topological polar surface area (TPSA) is 92.7 Å². The summed E-state index contributed by atoms with van der Waals surface area (Å²) in [5.41, 5.74) is 0. The molecule has 1 amide bonds. The Bertz CT molecular complexity index is 315. The van der Waals surface area contributed by atoms with Crippen LogP contribution in [0.3, 0.4) is 0 Å². The van der Waals surface area contributed by atoms with Crippen molar-refractivity contribution in [1.82, 2.24) is 5.32 Å². The maximum atomic E-state index is 11.0. The van der Waals surface area contributed by atoms with Gasteiger partial charge in [0.25, 0.3) is 10.1 Å². The van der Waals surface area contributed by atoms with Crippen LogP contribution in [0.4, 0.5) is 0 Å². The first-order valence-corrected chi connectivity index (χ1v) is 6.25. The van der Waals surface area contributed by atoms with Crippen molar-refractivity contribution in [2.45, 2.75) is 13.5 Å². The third kappa shape index (κ3) is 9.04. The van der Waals surface area contributed by atoms with Crippen LogP contribution in [0.1, 0.15) is 7.43 Å². The van der Waals surface area contributed by atoms with Crippen molar-refractivity contribution in [3.8, 4) is 0 Å². The maximum absolute atomic E-state index is 11.0. The lowest BCUT2D eigenvalue weighted by molar-refractivity contribution is -0.894. The maximum Gasteiger partial charge on any atom is 0.269 e. The number of rotatable bonds is 8. The second kappa shape index (κ2) is 7.59. The number of hydrogen-bond acceptors (Lipinski definition) is 5. The summed E-state index contributed by atoms with van der Waals surface area (Å²) < 4.78 is 26.6. The normalized spacial score (nSPS) is 13.6. The molecule has 0 saturated carbocycles. The highest BCUT2D eigenvalue weighted by atomic mass is 32.2. The quantitative estimate of drug-likeness (QED) is 0.249. The molecule has 17 heavy (non-hydrogen) atoms. The third-order valence-electron chi connectivity index (χ3n) is 1.96. The fourth-order valence-corrected chi connectivity index (χ4v) is 1.99. The first-order chi connectivity index (χ1) is 7.22. The molecule has 0 aliphatic heterocycles. The van der Waals surface area contributed by atoms with E-state index in [1.807, 2.05) is 0 Å². The van der Waals surface area contributed by atoms with Crippen LogP contribution in [0.2, 0.25) is 0 Å². The van der Waals surface area contributed by atoms with Crippen molar-refractivity contribution in [3.05, 3.63) is 0 Å². The molecular weight excluding hydrogens is 248 g/mol. The van der Waals surface area contributed by atoms with Gasteiger partial charge in [0.2, 0.25) is 6.41 Å². The Morgan fingerprint density at radius 3 is 2.41 bits per heavy atom. The van der Waals surface area contributed by atoms with Gasteiger partial charge in [-0.1, -0.05) is 7.43 Å². The molecule has 0 bridgehead atoms. The summed E-state index contributed by atoms with van der Waals surface area (Å²) in [7, 11) is 0.916. The number of aliphatic hydroxyl groups excluding tert-OH is 1. The zero-order valence-corrected chi connectivity index (χ0v) is 10.5. The van der Waals surface area contributed by atoms with E-state index >= 15 is 0 Å². The SMILES string of the molecule is C.COS(=O)(=O)CC(O)C[N+](C)(C)CNC=O. The van der Waals surface area contributed by atoms with Crippen molar-refractivity contribution >= 4 is 16.5 Å². The van der Waals surface area contributed by atoms with Gasteiger partial charge in [-0.15, -0.1) is 0 Å². The number of nitrogens with zero attached hydrogens (tertiary/aromatic N) is 1. The zero-order chi connectivity index (χ0) is 12.8. The summed E-state index contributed by atoms with van der Waals surface area (Å²) in [5.74, 6) is -0.452. The van der Waals surface area contributed by atoms with Crippen LogP contribution in [0.25, 0.3) is 0 Å². The smallest absolute Gasteiger partial charge is 0.269 e. The van der Waals surface area contributed by atoms with Crippen molar-refractivity contribution in [2.75, 3.05) is 40.2 Å². The predicted molar refractivity (Wildman–Crippen MR) is 64.6 cm³/mol. The highest BCUT2D eigenvalue weighted by Crippen LogP contribution is 2.02. The van der Waals surface area contributed by atoms with E-state index < -0.39 is 22.0 Å². The molecule has 0 saturated heterocycles. The summed E-state index contributed by atoms with van der Waals surface area (Å²) in [6.07, 6.45) is -0.480. The average Bonchev–Trinajstić information content (AvgIpc) is 2.13. The average molecular weight is 271 g/mol. The van der Waals surface area contributed by atoms with E-state index in [2.05, 4.69) is 9.50 Å². The van der Waals surface area contributed by atoms with E-state index in [9.17, 15) is 18.3 Å². The van der Waals surface area contributed by atoms with Crippen LogP contribution >= 0.6 is 0 Å². The number of nitrogens with one attached hydrogen (secondary N) is 1. The van der Waals surface area contributed by atoms with Crippen LogP contribution < -0.4 is 5.32 Å². The van der Waals surface area contributed by atoms with E-state index in [4.69, 9.17) is 0 Å². The van der Waals surface area contributed by atoms with E-state index in [1.54, 1.807) is 14.1 Å². The second-order valence-electron chi connectivity index (χ2n) is 4.14. The third-order valence-corrected chi connectivity index (χ3v) is 3.26. The van der Waals surface area contributed by atoms with Gasteiger partial charge in [-0.05, 0) is 0 Å². The van der Waals surface area contributed by atoms with Crippen LogP contribution in [-0.2, 0) is 19.1 Å². The molecule has 7 nitrogen and oxygen atoms in total. The fourth-order valence-electron chi connectivity index (χ4n) is 1.28. The number of quaternary nitrogens is 1. The molecule has 104 valence electrons. The van der Waals surface area contributed by atoms with Gasteiger partial charge in [0.15, 0.2) is 6.67 Å². The molecule has 0 radical (unpaired) electrons. The molecule has 1 unspecified atom stereocenters. The van der Waals surface area contributed by atoms with Gasteiger partial charge in [0.05, 0.1) is 21.2 Å². The van der Waals surface area contributed by atoms with Gasteiger partial charge in [0.1, 0.15) is 18.4 Å². The highest BCUT2D eigenvalue weighted by molar-refractivity contribution is 7.86. The molecular formula is C9H23N2O5S+. The molecule has 0 rings (SSSR count). The Morgan fingerprint density at radius 1 is 1.47 bits per heavy atom. The van der Waals surface area contributed by atoms with E-state index in [0.29, 0.717) is 13.1 Å². The number of amides is 1. The molecule has 0 aromatic carbocycles. The van der Waals surface area contributed by atoms with E-state index in [1.165, 1.54) is 0 Å². The van der Waals surface area contributed by atoms with Crippen molar-refractivity contribution in [2.24, 2.45) is 0 Å². The second-order valence-corrected chi connectivity index (χ2v) is 5.93. The molecule has 0 heterocycles. The van der Waals surface area contributed by atoms with Crippen LogP contribution in [0.15, 0.2) is 0 Å². The molecule has 0 aliphatic rings. The van der Waals surface area contributed by atoms with Gasteiger partial charge in [-0.3, -0.25) is 8.98 Å². The lowest BCUT2D eigenvalue weighted by Gasteiger charge is -2.30. The van der Waals surface area contributed by atoms with Crippen molar-refractivity contribution in [1.29, 1.82) is 0 Å². The Hall–Kier alpha value is -0.700. The summed E-state index contributed by atoms with van der Waals surface area (Å²) in [5, 5.41) is 12.0. The Labute approximate surface area is 103 Å². The monoisotopic (exact) mass is 271 g/mol. The minimum Gasteiger partial charge on any atom is -0.386 e. The van der Waals surface area contributed by atoms with Gasteiger partial charge in [-0.25, -0.2) is 0 Å².